The monoisotopic (exact) mass is 336 g/mol. The predicted octanol–water partition coefficient (Wildman–Crippen LogP) is 4.26. The minimum atomic E-state index is -0.367. The van der Waals surface area contributed by atoms with Crippen LogP contribution in [0, 0.1) is 5.82 Å². The summed E-state index contributed by atoms with van der Waals surface area (Å²) in [5.41, 5.74) is 5.41. The molecule has 0 heterocycles. The Kier molecular flexibility index (Phi) is 4.91. The molecule has 2 aromatic carbocycles. The van der Waals surface area contributed by atoms with Gasteiger partial charge in [0.1, 0.15) is 5.82 Å². The van der Waals surface area contributed by atoms with E-state index in [1.807, 2.05) is 12.1 Å². The number of hydrogen-bond acceptors (Lipinski definition) is 2. The van der Waals surface area contributed by atoms with E-state index in [0.29, 0.717) is 16.0 Å². The Balaban J connectivity index is 2.39. The Hall–Kier alpha value is -1.23. The van der Waals surface area contributed by atoms with Gasteiger partial charge in [-0.2, -0.15) is 0 Å². The minimum absolute atomic E-state index is 0.289. The molecule has 1 atom stereocenters. The van der Waals surface area contributed by atoms with Crippen LogP contribution in [0.1, 0.15) is 42.5 Å². The van der Waals surface area contributed by atoms with Gasteiger partial charge in [-0.05, 0) is 39.0 Å². The zero-order chi connectivity index (χ0) is 14.7. The number of halogens is 2. The van der Waals surface area contributed by atoms with Gasteiger partial charge in [0.2, 0.25) is 0 Å². The Morgan fingerprint density at radius 1 is 1.05 bits per heavy atom. The van der Waals surface area contributed by atoms with Crippen molar-refractivity contribution in [2.45, 2.75) is 25.8 Å². The van der Waals surface area contributed by atoms with Crippen molar-refractivity contribution in [2.75, 3.05) is 0 Å². The molecule has 1 unspecified atom stereocenters. The third-order valence-electron chi connectivity index (χ3n) is 3.40. The number of hydrazine groups is 1. The van der Waals surface area contributed by atoms with Gasteiger partial charge in [-0.25, -0.2) is 9.82 Å². The minimum Gasteiger partial charge on any atom is -0.271 e. The molecule has 0 aliphatic rings. The Bertz CT molecular complexity index is 582. The lowest BCUT2D eigenvalue weighted by Gasteiger charge is -2.19. The maximum Gasteiger partial charge on any atom is 0.142 e. The number of benzene rings is 2. The molecule has 0 aliphatic carbocycles. The largest absolute Gasteiger partial charge is 0.271 e. The molecular weight excluding hydrogens is 319 g/mol. The highest BCUT2D eigenvalue weighted by molar-refractivity contribution is 9.10. The van der Waals surface area contributed by atoms with E-state index >= 15 is 0 Å². The summed E-state index contributed by atoms with van der Waals surface area (Å²) in [4.78, 5) is 0. The van der Waals surface area contributed by atoms with Crippen LogP contribution < -0.4 is 11.3 Å². The second-order valence-corrected chi connectivity index (χ2v) is 5.92. The van der Waals surface area contributed by atoms with Gasteiger partial charge < -0.3 is 0 Å². The zero-order valence-corrected chi connectivity index (χ0v) is 13.1. The SMILES string of the molecule is CC(C)c1ccc(C(NN)c2cccc(Br)c2F)cc1. The third kappa shape index (κ3) is 3.08. The standard InChI is InChI=1S/C16H18BrFN2/c1-10(2)11-6-8-12(9-7-11)16(20-19)13-4-3-5-14(17)15(13)18/h3-10,16,20H,19H2,1-2H3. The van der Waals surface area contributed by atoms with Gasteiger partial charge in [0.15, 0.2) is 0 Å². The number of nitrogens with one attached hydrogen (secondary N) is 1. The molecule has 0 aromatic heterocycles. The third-order valence-corrected chi connectivity index (χ3v) is 4.01. The number of nitrogens with two attached hydrogens (primary N) is 1. The average molecular weight is 337 g/mol. The number of hydrogen-bond donors (Lipinski definition) is 2. The summed E-state index contributed by atoms with van der Waals surface area (Å²) in [6.45, 7) is 4.28. The van der Waals surface area contributed by atoms with Crippen LogP contribution in [0.5, 0.6) is 0 Å². The smallest absolute Gasteiger partial charge is 0.142 e. The van der Waals surface area contributed by atoms with Gasteiger partial charge in [-0.1, -0.05) is 50.2 Å². The van der Waals surface area contributed by atoms with E-state index in [4.69, 9.17) is 5.84 Å². The van der Waals surface area contributed by atoms with Crippen molar-refractivity contribution >= 4 is 15.9 Å². The highest BCUT2D eigenvalue weighted by Gasteiger charge is 2.18. The Morgan fingerprint density at radius 3 is 2.20 bits per heavy atom. The lowest BCUT2D eigenvalue weighted by molar-refractivity contribution is 0.556. The van der Waals surface area contributed by atoms with Crippen LogP contribution in [0.3, 0.4) is 0 Å². The molecule has 3 N–H and O–H groups in total. The van der Waals surface area contributed by atoms with Gasteiger partial charge in [0.25, 0.3) is 0 Å². The van der Waals surface area contributed by atoms with Gasteiger partial charge in [-0.3, -0.25) is 5.84 Å². The molecule has 0 aliphatic heterocycles. The molecule has 4 heteroatoms. The van der Waals surface area contributed by atoms with E-state index in [1.165, 1.54) is 5.56 Å². The summed E-state index contributed by atoms with van der Waals surface area (Å²) in [5, 5.41) is 0. The summed E-state index contributed by atoms with van der Waals surface area (Å²) >= 11 is 3.20. The molecular formula is C16H18BrFN2. The van der Waals surface area contributed by atoms with Crippen molar-refractivity contribution in [2.24, 2.45) is 5.84 Å². The molecule has 0 bridgehead atoms. The maximum atomic E-state index is 14.2. The molecule has 0 radical (unpaired) electrons. The molecule has 0 saturated carbocycles. The van der Waals surface area contributed by atoms with E-state index in [1.54, 1.807) is 18.2 Å². The zero-order valence-electron chi connectivity index (χ0n) is 11.5. The first-order valence-corrected chi connectivity index (χ1v) is 7.33. The Morgan fingerprint density at radius 2 is 1.65 bits per heavy atom. The Labute approximate surface area is 127 Å². The van der Waals surface area contributed by atoms with Crippen molar-refractivity contribution in [3.05, 3.63) is 69.4 Å². The lowest BCUT2D eigenvalue weighted by Crippen LogP contribution is -2.29. The summed E-state index contributed by atoms with van der Waals surface area (Å²) in [6, 6.07) is 12.9. The van der Waals surface area contributed by atoms with E-state index in [9.17, 15) is 4.39 Å². The van der Waals surface area contributed by atoms with Gasteiger partial charge in [-0.15, -0.1) is 0 Å². The second kappa shape index (κ2) is 6.48. The first-order chi connectivity index (χ1) is 9.54. The van der Waals surface area contributed by atoms with Crippen molar-refractivity contribution in [1.29, 1.82) is 0 Å². The van der Waals surface area contributed by atoms with E-state index in [2.05, 4.69) is 47.3 Å². The van der Waals surface area contributed by atoms with Crippen molar-refractivity contribution < 1.29 is 4.39 Å². The highest BCUT2D eigenvalue weighted by Crippen LogP contribution is 2.28. The highest BCUT2D eigenvalue weighted by atomic mass is 79.9. The van der Waals surface area contributed by atoms with Gasteiger partial charge >= 0.3 is 0 Å². The topological polar surface area (TPSA) is 38.0 Å². The molecule has 2 nitrogen and oxygen atoms in total. The molecule has 2 rings (SSSR count). The van der Waals surface area contributed by atoms with Crippen LogP contribution in [-0.2, 0) is 0 Å². The molecule has 2 aromatic rings. The molecule has 0 spiro atoms. The van der Waals surface area contributed by atoms with E-state index in [-0.39, 0.29) is 11.9 Å². The number of rotatable bonds is 4. The van der Waals surface area contributed by atoms with Crippen LogP contribution >= 0.6 is 15.9 Å². The first-order valence-electron chi connectivity index (χ1n) is 6.54. The van der Waals surface area contributed by atoms with Crippen LogP contribution in [0.15, 0.2) is 46.9 Å². The molecule has 106 valence electrons. The van der Waals surface area contributed by atoms with Gasteiger partial charge in [0, 0.05) is 5.56 Å². The van der Waals surface area contributed by atoms with Crippen LogP contribution in [-0.4, -0.2) is 0 Å². The van der Waals surface area contributed by atoms with Crippen LogP contribution in [0.4, 0.5) is 4.39 Å². The quantitative estimate of drug-likeness (QED) is 0.646. The van der Waals surface area contributed by atoms with E-state index in [0.717, 1.165) is 5.56 Å². The average Bonchev–Trinajstić information content (AvgIpc) is 2.45. The van der Waals surface area contributed by atoms with Crippen molar-refractivity contribution in [3.8, 4) is 0 Å². The molecule has 20 heavy (non-hydrogen) atoms. The van der Waals surface area contributed by atoms with E-state index < -0.39 is 0 Å². The molecule has 0 saturated heterocycles. The maximum absolute atomic E-state index is 14.2. The van der Waals surface area contributed by atoms with Crippen molar-refractivity contribution in [3.63, 3.8) is 0 Å². The first kappa shape index (κ1) is 15.2. The molecule has 0 amide bonds. The summed E-state index contributed by atoms with van der Waals surface area (Å²) in [7, 11) is 0. The second-order valence-electron chi connectivity index (χ2n) is 5.06. The van der Waals surface area contributed by atoms with Gasteiger partial charge in [0.05, 0.1) is 10.5 Å². The summed E-state index contributed by atoms with van der Waals surface area (Å²) in [5.74, 6) is 5.80. The van der Waals surface area contributed by atoms with Crippen LogP contribution in [0.2, 0.25) is 0 Å². The van der Waals surface area contributed by atoms with Crippen molar-refractivity contribution in [1.82, 2.24) is 5.43 Å². The van der Waals surface area contributed by atoms with Crippen LogP contribution in [0.25, 0.3) is 0 Å². The summed E-state index contributed by atoms with van der Waals surface area (Å²) < 4.78 is 14.6. The fraction of sp³-hybridized carbons (Fsp3) is 0.250. The normalized spacial score (nSPS) is 12.7. The molecule has 0 fully saturated rings. The fourth-order valence-corrected chi connectivity index (χ4v) is 2.56. The fourth-order valence-electron chi connectivity index (χ4n) is 2.18. The summed E-state index contributed by atoms with van der Waals surface area (Å²) in [6.07, 6.45) is 0. The lowest BCUT2D eigenvalue weighted by atomic mass is 9.95. The predicted molar refractivity (Wildman–Crippen MR) is 83.8 cm³/mol.